The number of benzene rings is 2. The highest BCUT2D eigenvalue weighted by molar-refractivity contribution is 6.05. The second kappa shape index (κ2) is 7.59. The SMILES string of the molecule is C/C=C/c1cc(C(=O)Nc2ccc(F)c(F)c2)cc(OC)c1OC. The van der Waals surface area contributed by atoms with Gasteiger partial charge in [0.15, 0.2) is 23.1 Å². The van der Waals surface area contributed by atoms with Crippen molar-refractivity contribution in [2.45, 2.75) is 6.92 Å². The summed E-state index contributed by atoms with van der Waals surface area (Å²) in [6, 6.07) is 6.28. The first-order valence-electron chi connectivity index (χ1n) is 7.15. The number of hydrogen-bond acceptors (Lipinski definition) is 3. The first kappa shape index (κ1) is 17.5. The van der Waals surface area contributed by atoms with E-state index in [0.29, 0.717) is 22.6 Å². The van der Waals surface area contributed by atoms with Crippen LogP contribution < -0.4 is 14.8 Å². The van der Waals surface area contributed by atoms with Crippen molar-refractivity contribution in [3.8, 4) is 11.5 Å². The van der Waals surface area contributed by atoms with Crippen molar-refractivity contribution >= 4 is 17.7 Å². The van der Waals surface area contributed by atoms with Crippen molar-refractivity contribution < 1.29 is 23.0 Å². The lowest BCUT2D eigenvalue weighted by Crippen LogP contribution is -2.13. The third kappa shape index (κ3) is 3.71. The lowest BCUT2D eigenvalue weighted by molar-refractivity contribution is 0.102. The molecule has 0 atom stereocenters. The third-order valence-electron chi connectivity index (χ3n) is 3.29. The third-order valence-corrected chi connectivity index (χ3v) is 3.29. The van der Waals surface area contributed by atoms with Crippen molar-refractivity contribution in [1.29, 1.82) is 0 Å². The van der Waals surface area contributed by atoms with Gasteiger partial charge in [-0.2, -0.15) is 0 Å². The molecule has 2 aromatic carbocycles. The molecule has 0 aromatic heterocycles. The zero-order valence-electron chi connectivity index (χ0n) is 13.5. The number of methoxy groups -OCH3 is 2. The van der Waals surface area contributed by atoms with Gasteiger partial charge in [-0.25, -0.2) is 8.78 Å². The molecule has 0 unspecified atom stereocenters. The molecule has 0 saturated heterocycles. The molecular formula is C18H17F2NO3. The Hall–Kier alpha value is -2.89. The van der Waals surface area contributed by atoms with Crippen molar-refractivity contribution in [2.75, 3.05) is 19.5 Å². The van der Waals surface area contributed by atoms with Gasteiger partial charge in [-0.15, -0.1) is 0 Å². The van der Waals surface area contributed by atoms with Gasteiger partial charge < -0.3 is 14.8 Å². The Kier molecular flexibility index (Phi) is 5.52. The minimum Gasteiger partial charge on any atom is -0.493 e. The highest BCUT2D eigenvalue weighted by Gasteiger charge is 2.15. The van der Waals surface area contributed by atoms with Crippen molar-refractivity contribution in [3.05, 3.63) is 59.2 Å². The van der Waals surface area contributed by atoms with Gasteiger partial charge in [-0.05, 0) is 31.2 Å². The number of carbonyl (C=O) groups is 1. The molecule has 4 nitrogen and oxygen atoms in total. The molecule has 6 heteroatoms. The van der Waals surface area contributed by atoms with Crippen molar-refractivity contribution in [2.24, 2.45) is 0 Å². The van der Waals surface area contributed by atoms with Crippen LogP contribution in [0.2, 0.25) is 0 Å². The van der Waals surface area contributed by atoms with E-state index in [1.54, 1.807) is 18.2 Å². The van der Waals surface area contributed by atoms with Gasteiger partial charge in [0.2, 0.25) is 0 Å². The highest BCUT2D eigenvalue weighted by Crippen LogP contribution is 2.33. The van der Waals surface area contributed by atoms with E-state index < -0.39 is 17.5 Å². The number of anilines is 1. The molecule has 0 radical (unpaired) electrons. The van der Waals surface area contributed by atoms with E-state index in [0.717, 1.165) is 12.1 Å². The van der Waals surface area contributed by atoms with E-state index >= 15 is 0 Å². The second-order valence-corrected chi connectivity index (χ2v) is 4.88. The topological polar surface area (TPSA) is 47.6 Å². The number of amides is 1. The zero-order valence-corrected chi connectivity index (χ0v) is 13.5. The monoisotopic (exact) mass is 333 g/mol. The minimum atomic E-state index is -1.03. The van der Waals surface area contributed by atoms with Crippen LogP contribution in [0.3, 0.4) is 0 Å². The molecule has 2 aromatic rings. The van der Waals surface area contributed by atoms with E-state index in [4.69, 9.17) is 9.47 Å². The molecule has 0 bridgehead atoms. The standard InChI is InChI=1S/C18H17F2NO3/c1-4-5-11-8-12(9-16(23-2)17(11)24-3)18(22)21-13-6-7-14(19)15(20)10-13/h4-10H,1-3H3,(H,21,22)/b5-4+. The molecule has 126 valence electrons. The molecule has 0 saturated carbocycles. The largest absolute Gasteiger partial charge is 0.493 e. The Labute approximate surface area is 138 Å². The average molecular weight is 333 g/mol. The smallest absolute Gasteiger partial charge is 0.255 e. The molecule has 0 fully saturated rings. The number of halogens is 2. The maximum Gasteiger partial charge on any atom is 0.255 e. The maximum atomic E-state index is 13.2. The van der Waals surface area contributed by atoms with Gasteiger partial charge in [0.05, 0.1) is 14.2 Å². The van der Waals surface area contributed by atoms with Crippen LogP contribution in [-0.4, -0.2) is 20.1 Å². The first-order chi connectivity index (χ1) is 11.5. The fourth-order valence-corrected chi connectivity index (χ4v) is 2.21. The summed E-state index contributed by atoms with van der Waals surface area (Å²) >= 11 is 0. The molecular weight excluding hydrogens is 316 g/mol. The van der Waals surface area contributed by atoms with Crippen LogP contribution in [-0.2, 0) is 0 Å². The van der Waals surface area contributed by atoms with E-state index in [2.05, 4.69) is 5.32 Å². The summed E-state index contributed by atoms with van der Waals surface area (Å²) in [6.07, 6.45) is 3.57. The Morgan fingerprint density at radius 2 is 1.83 bits per heavy atom. The number of carbonyl (C=O) groups excluding carboxylic acids is 1. The van der Waals surface area contributed by atoms with E-state index in [9.17, 15) is 13.6 Å². The van der Waals surface area contributed by atoms with Gasteiger partial charge in [0.1, 0.15) is 0 Å². The molecule has 0 spiro atoms. The summed E-state index contributed by atoms with van der Waals surface area (Å²) in [6.45, 7) is 1.83. The average Bonchev–Trinajstić information content (AvgIpc) is 2.57. The number of hydrogen-bond donors (Lipinski definition) is 1. The fraction of sp³-hybridized carbons (Fsp3) is 0.167. The number of rotatable bonds is 5. The van der Waals surface area contributed by atoms with E-state index in [1.165, 1.54) is 26.4 Å². The predicted molar refractivity (Wildman–Crippen MR) is 88.6 cm³/mol. The maximum absolute atomic E-state index is 13.2. The van der Waals surface area contributed by atoms with Gasteiger partial charge in [0.25, 0.3) is 5.91 Å². The summed E-state index contributed by atoms with van der Waals surface area (Å²) in [5.41, 5.74) is 1.11. The van der Waals surface area contributed by atoms with Gasteiger partial charge in [-0.3, -0.25) is 4.79 Å². The Bertz CT molecular complexity index is 788. The molecule has 1 amide bonds. The van der Waals surface area contributed by atoms with Crippen LogP contribution in [0.1, 0.15) is 22.8 Å². The first-order valence-corrected chi connectivity index (χ1v) is 7.15. The number of allylic oxidation sites excluding steroid dienone is 1. The minimum absolute atomic E-state index is 0.154. The Morgan fingerprint density at radius 1 is 1.08 bits per heavy atom. The molecule has 2 rings (SSSR count). The van der Waals surface area contributed by atoms with Crippen LogP contribution in [0.25, 0.3) is 6.08 Å². The number of nitrogens with one attached hydrogen (secondary N) is 1. The Balaban J connectivity index is 2.37. The van der Waals surface area contributed by atoms with Crippen molar-refractivity contribution in [1.82, 2.24) is 0 Å². The van der Waals surface area contributed by atoms with Gasteiger partial charge in [0, 0.05) is 22.9 Å². The Morgan fingerprint density at radius 3 is 2.42 bits per heavy atom. The van der Waals surface area contributed by atoms with Gasteiger partial charge >= 0.3 is 0 Å². The quantitative estimate of drug-likeness (QED) is 0.889. The molecule has 0 aliphatic heterocycles. The number of ether oxygens (including phenoxy) is 2. The van der Waals surface area contributed by atoms with Crippen LogP contribution in [0.4, 0.5) is 14.5 Å². The van der Waals surface area contributed by atoms with Crippen LogP contribution >= 0.6 is 0 Å². The summed E-state index contributed by atoms with van der Waals surface area (Å²) in [7, 11) is 2.97. The molecule has 0 heterocycles. The highest BCUT2D eigenvalue weighted by atomic mass is 19.2. The second-order valence-electron chi connectivity index (χ2n) is 4.88. The molecule has 24 heavy (non-hydrogen) atoms. The lowest BCUT2D eigenvalue weighted by Gasteiger charge is -2.13. The molecule has 0 aliphatic carbocycles. The van der Waals surface area contributed by atoms with E-state index in [-0.39, 0.29) is 5.69 Å². The predicted octanol–water partition coefficient (Wildman–Crippen LogP) is 4.27. The van der Waals surface area contributed by atoms with Crippen LogP contribution in [0.5, 0.6) is 11.5 Å². The van der Waals surface area contributed by atoms with Crippen LogP contribution in [0, 0.1) is 11.6 Å². The zero-order chi connectivity index (χ0) is 17.7. The van der Waals surface area contributed by atoms with Crippen LogP contribution in [0.15, 0.2) is 36.4 Å². The summed E-state index contributed by atoms with van der Waals surface area (Å²) in [5.74, 6) is -1.60. The molecule has 1 N–H and O–H groups in total. The molecule has 0 aliphatic rings. The summed E-state index contributed by atoms with van der Waals surface area (Å²) < 4.78 is 36.7. The summed E-state index contributed by atoms with van der Waals surface area (Å²) in [5, 5.41) is 2.52. The lowest BCUT2D eigenvalue weighted by atomic mass is 10.1. The van der Waals surface area contributed by atoms with E-state index in [1.807, 2.05) is 6.92 Å². The fourth-order valence-electron chi connectivity index (χ4n) is 2.21. The summed E-state index contributed by atoms with van der Waals surface area (Å²) in [4.78, 5) is 12.4. The van der Waals surface area contributed by atoms with Gasteiger partial charge in [-0.1, -0.05) is 12.2 Å². The normalized spacial score (nSPS) is 10.7. The van der Waals surface area contributed by atoms with Crippen molar-refractivity contribution in [3.63, 3.8) is 0 Å².